The number of halogens is 1. The highest BCUT2D eigenvalue weighted by molar-refractivity contribution is 5.90. The van der Waals surface area contributed by atoms with Gasteiger partial charge in [-0.2, -0.15) is 0 Å². The molecule has 0 aliphatic heterocycles. The molecule has 0 saturated heterocycles. The molecule has 3 rings (SSSR count). The van der Waals surface area contributed by atoms with Gasteiger partial charge in [-0.25, -0.2) is 19.3 Å². The van der Waals surface area contributed by atoms with Crippen LogP contribution in [0.1, 0.15) is 5.82 Å². The zero-order valence-electron chi connectivity index (χ0n) is 8.89. The summed E-state index contributed by atoms with van der Waals surface area (Å²) in [5, 5.41) is 1.52. The zero-order valence-corrected chi connectivity index (χ0v) is 8.89. The molecule has 0 unspecified atom stereocenters. The summed E-state index contributed by atoms with van der Waals surface area (Å²) in [6.07, 6.45) is 1.65. The summed E-state index contributed by atoms with van der Waals surface area (Å²) in [7, 11) is 0. The van der Waals surface area contributed by atoms with E-state index in [0.717, 1.165) is 10.8 Å². The van der Waals surface area contributed by atoms with Crippen LogP contribution < -0.4 is 5.73 Å². The van der Waals surface area contributed by atoms with Crippen LogP contribution in [-0.4, -0.2) is 15.0 Å². The highest BCUT2D eigenvalue weighted by Crippen LogP contribution is 2.19. The summed E-state index contributed by atoms with van der Waals surface area (Å²) in [6.45, 7) is 0.243. The lowest BCUT2D eigenvalue weighted by Crippen LogP contribution is -2.03. The third-order valence-corrected chi connectivity index (χ3v) is 2.58. The molecule has 2 heterocycles. The van der Waals surface area contributed by atoms with Gasteiger partial charge in [-0.3, -0.25) is 0 Å². The van der Waals surface area contributed by atoms with Gasteiger partial charge in [0.15, 0.2) is 5.65 Å². The SMILES string of the molecule is NCc1ncc2cc3cccc(F)c3nc2n1. The molecule has 84 valence electrons. The summed E-state index contributed by atoms with van der Waals surface area (Å²) < 4.78 is 13.6. The molecule has 2 aromatic heterocycles. The second kappa shape index (κ2) is 3.71. The molecule has 2 N–H and O–H groups in total. The van der Waals surface area contributed by atoms with Gasteiger partial charge in [0.2, 0.25) is 0 Å². The Bertz CT molecular complexity index is 711. The zero-order chi connectivity index (χ0) is 11.8. The number of hydrogen-bond acceptors (Lipinski definition) is 4. The molecule has 0 aliphatic rings. The summed E-state index contributed by atoms with van der Waals surface area (Å²) in [5.74, 6) is 0.151. The van der Waals surface area contributed by atoms with E-state index in [1.807, 2.05) is 12.1 Å². The van der Waals surface area contributed by atoms with Crippen LogP contribution in [0.4, 0.5) is 4.39 Å². The van der Waals surface area contributed by atoms with E-state index >= 15 is 0 Å². The molecule has 0 bridgehead atoms. The molecule has 3 aromatic rings. The van der Waals surface area contributed by atoms with E-state index in [4.69, 9.17) is 5.73 Å². The smallest absolute Gasteiger partial charge is 0.163 e. The van der Waals surface area contributed by atoms with E-state index in [1.165, 1.54) is 6.07 Å². The van der Waals surface area contributed by atoms with Crippen molar-refractivity contribution < 1.29 is 4.39 Å². The van der Waals surface area contributed by atoms with Crippen molar-refractivity contribution in [2.24, 2.45) is 5.73 Å². The Hall–Kier alpha value is -2.14. The third kappa shape index (κ3) is 1.60. The Kier molecular flexibility index (Phi) is 2.19. The first-order valence-electron chi connectivity index (χ1n) is 5.19. The van der Waals surface area contributed by atoms with Gasteiger partial charge in [0.1, 0.15) is 17.2 Å². The van der Waals surface area contributed by atoms with Crippen molar-refractivity contribution in [2.45, 2.75) is 6.54 Å². The lowest BCUT2D eigenvalue weighted by Gasteiger charge is -2.02. The van der Waals surface area contributed by atoms with Gasteiger partial charge >= 0.3 is 0 Å². The quantitative estimate of drug-likeness (QED) is 0.645. The molecule has 5 heteroatoms. The van der Waals surface area contributed by atoms with Gasteiger partial charge in [0.25, 0.3) is 0 Å². The van der Waals surface area contributed by atoms with Crippen molar-refractivity contribution in [2.75, 3.05) is 0 Å². The van der Waals surface area contributed by atoms with Gasteiger partial charge in [-0.1, -0.05) is 12.1 Å². The van der Waals surface area contributed by atoms with Crippen molar-refractivity contribution in [3.63, 3.8) is 0 Å². The maximum atomic E-state index is 13.6. The number of nitrogens with two attached hydrogens (primary N) is 1. The highest BCUT2D eigenvalue weighted by atomic mass is 19.1. The molecule has 0 radical (unpaired) electrons. The third-order valence-electron chi connectivity index (χ3n) is 2.58. The maximum Gasteiger partial charge on any atom is 0.163 e. The molecule has 0 fully saturated rings. The molecule has 17 heavy (non-hydrogen) atoms. The molecule has 1 aromatic carbocycles. The Morgan fingerprint density at radius 3 is 2.88 bits per heavy atom. The molecule has 0 aliphatic carbocycles. The van der Waals surface area contributed by atoms with Crippen molar-refractivity contribution in [3.05, 3.63) is 42.1 Å². The first-order chi connectivity index (χ1) is 8.28. The topological polar surface area (TPSA) is 64.7 Å². The number of aromatic nitrogens is 3. The number of nitrogens with zero attached hydrogens (tertiary/aromatic N) is 3. The number of pyridine rings is 1. The predicted octanol–water partition coefficient (Wildman–Crippen LogP) is 1.78. The van der Waals surface area contributed by atoms with E-state index in [-0.39, 0.29) is 12.4 Å². The fourth-order valence-electron chi connectivity index (χ4n) is 1.75. The van der Waals surface area contributed by atoms with Crippen LogP contribution in [-0.2, 0) is 6.54 Å². The standard InChI is InChI=1S/C12H9FN4/c13-9-3-1-2-7-4-8-6-15-10(5-14)16-12(8)17-11(7)9/h1-4,6H,5,14H2. The highest BCUT2D eigenvalue weighted by Gasteiger charge is 2.06. The van der Waals surface area contributed by atoms with Gasteiger partial charge < -0.3 is 5.73 Å². The molecule has 4 nitrogen and oxygen atoms in total. The molecular weight excluding hydrogens is 219 g/mol. The second-order valence-electron chi connectivity index (χ2n) is 3.70. The molecule has 0 amide bonds. The van der Waals surface area contributed by atoms with Gasteiger partial charge in [0.05, 0.1) is 6.54 Å². The van der Waals surface area contributed by atoms with Crippen LogP contribution in [0.5, 0.6) is 0 Å². The normalized spacial score (nSPS) is 11.2. The van der Waals surface area contributed by atoms with Crippen LogP contribution in [0.15, 0.2) is 30.5 Å². The number of hydrogen-bond donors (Lipinski definition) is 1. The first-order valence-corrected chi connectivity index (χ1v) is 5.19. The predicted molar refractivity (Wildman–Crippen MR) is 62.7 cm³/mol. The average Bonchev–Trinajstić information content (AvgIpc) is 2.37. The minimum Gasteiger partial charge on any atom is -0.324 e. The Morgan fingerprint density at radius 2 is 2.06 bits per heavy atom. The molecule has 0 atom stereocenters. The largest absolute Gasteiger partial charge is 0.324 e. The number of benzene rings is 1. The summed E-state index contributed by atoms with van der Waals surface area (Å²) in [6, 6.07) is 6.66. The van der Waals surface area contributed by atoms with E-state index in [0.29, 0.717) is 17.0 Å². The van der Waals surface area contributed by atoms with Crippen molar-refractivity contribution in [3.8, 4) is 0 Å². The van der Waals surface area contributed by atoms with Crippen molar-refractivity contribution in [1.29, 1.82) is 0 Å². The summed E-state index contributed by atoms with van der Waals surface area (Å²) in [5.41, 5.74) is 6.25. The van der Waals surface area contributed by atoms with Crippen LogP contribution >= 0.6 is 0 Å². The number of rotatable bonds is 1. The van der Waals surface area contributed by atoms with Gasteiger partial charge in [-0.05, 0) is 12.1 Å². The molecule has 0 saturated carbocycles. The fraction of sp³-hybridized carbons (Fsp3) is 0.0833. The van der Waals surface area contributed by atoms with E-state index < -0.39 is 0 Å². The first kappa shape index (κ1) is 10.0. The maximum absolute atomic E-state index is 13.6. The van der Waals surface area contributed by atoms with Crippen LogP contribution in [0.25, 0.3) is 21.9 Å². The van der Waals surface area contributed by atoms with Gasteiger partial charge in [0, 0.05) is 17.0 Å². The van der Waals surface area contributed by atoms with E-state index in [2.05, 4.69) is 15.0 Å². The van der Waals surface area contributed by atoms with Crippen molar-refractivity contribution in [1.82, 2.24) is 15.0 Å². The van der Waals surface area contributed by atoms with Crippen LogP contribution in [0.3, 0.4) is 0 Å². The molecular formula is C12H9FN4. The van der Waals surface area contributed by atoms with Gasteiger partial charge in [-0.15, -0.1) is 0 Å². The van der Waals surface area contributed by atoms with E-state index in [1.54, 1.807) is 12.3 Å². The minimum atomic E-state index is -0.350. The lowest BCUT2D eigenvalue weighted by atomic mass is 10.2. The summed E-state index contributed by atoms with van der Waals surface area (Å²) in [4.78, 5) is 12.5. The van der Waals surface area contributed by atoms with Crippen molar-refractivity contribution >= 4 is 21.9 Å². The number of fused-ring (bicyclic) bond motifs is 2. The minimum absolute atomic E-state index is 0.243. The van der Waals surface area contributed by atoms with Crippen LogP contribution in [0.2, 0.25) is 0 Å². The monoisotopic (exact) mass is 228 g/mol. The number of para-hydroxylation sites is 1. The van der Waals surface area contributed by atoms with E-state index in [9.17, 15) is 4.39 Å². The Labute approximate surface area is 96.3 Å². The summed E-state index contributed by atoms with van der Waals surface area (Å²) >= 11 is 0. The van der Waals surface area contributed by atoms with Crippen LogP contribution in [0, 0.1) is 5.82 Å². The average molecular weight is 228 g/mol. The lowest BCUT2D eigenvalue weighted by molar-refractivity contribution is 0.637. The second-order valence-corrected chi connectivity index (χ2v) is 3.70. The Balaban J connectivity index is 2.40. The Morgan fingerprint density at radius 1 is 1.18 bits per heavy atom. The molecule has 0 spiro atoms. The fourth-order valence-corrected chi connectivity index (χ4v) is 1.75.